The monoisotopic (exact) mass is 370 g/mol. The number of halogens is 3. The maximum atomic E-state index is 12.8. The second kappa shape index (κ2) is 7.90. The molecule has 2 fully saturated rings. The number of alkyl halides is 3. The van der Waals surface area contributed by atoms with E-state index in [9.17, 15) is 18.0 Å². The van der Waals surface area contributed by atoms with Gasteiger partial charge in [-0.15, -0.1) is 0 Å². The highest BCUT2D eigenvalue weighted by atomic mass is 19.4. The summed E-state index contributed by atoms with van der Waals surface area (Å²) in [6, 6.07) is 1.16. The van der Waals surface area contributed by atoms with E-state index in [0.29, 0.717) is 31.0 Å². The van der Waals surface area contributed by atoms with Crippen LogP contribution in [0.1, 0.15) is 49.3 Å². The van der Waals surface area contributed by atoms with Gasteiger partial charge in [0.05, 0.1) is 0 Å². The first-order valence-corrected chi connectivity index (χ1v) is 9.24. The van der Waals surface area contributed by atoms with E-state index < -0.39 is 11.9 Å². The molecule has 2 aliphatic rings. The Kier molecular flexibility index (Phi) is 5.79. The smallest absolute Gasteiger partial charge is 0.342 e. The SMILES string of the molecule is Cc1cc(C(F)(F)F)nc(CCNC2CCC(=O)N(CC3CC3)CC2)n1. The van der Waals surface area contributed by atoms with Gasteiger partial charge in [0, 0.05) is 44.2 Å². The third-order valence-electron chi connectivity index (χ3n) is 4.95. The number of amides is 1. The molecule has 1 aliphatic heterocycles. The van der Waals surface area contributed by atoms with Crippen molar-refractivity contribution in [3.63, 3.8) is 0 Å². The van der Waals surface area contributed by atoms with E-state index in [4.69, 9.17) is 0 Å². The van der Waals surface area contributed by atoms with Crippen molar-refractivity contribution in [3.8, 4) is 0 Å². The van der Waals surface area contributed by atoms with Crippen LogP contribution in [-0.2, 0) is 17.4 Å². The van der Waals surface area contributed by atoms with Gasteiger partial charge < -0.3 is 10.2 Å². The second-order valence-corrected chi connectivity index (χ2v) is 7.32. The number of nitrogens with one attached hydrogen (secondary N) is 1. The summed E-state index contributed by atoms with van der Waals surface area (Å²) in [5.41, 5.74) is -0.575. The first-order valence-electron chi connectivity index (χ1n) is 9.24. The van der Waals surface area contributed by atoms with E-state index in [0.717, 1.165) is 32.0 Å². The molecule has 1 atom stereocenters. The number of carbonyl (C=O) groups excluding carboxylic acids is 1. The molecule has 1 unspecified atom stereocenters. The standard InChI is InChI=1S/C18H25F3N4O/c1-12-10-15(18(19,20)21)24-16(23-12)6-8-22-14-4-5-17(26)25(9-7-14)11-13-2-3-13/h10,13-14,22H,2-9,11H2,1H3. The van der Waals surface area contributed by atoms with Crippen molar-refractivity contribution in [1.29, 1.82) is 0 Å². The lowest BCUT2D eigenvalue weighted by atomic mass is 10.1. The van der Waals surface area contributed by atoms with Crippen molar-refractivity contribution < 1.29 is 18.0 Å². The van der Waals surface area contributed by atoms with Gasteiger partial charge in [-0.2, -0.15) is 13.2 Å². The number of rotatable bonds is 6. The second-order valence-electron chi connectivity index (χ2n) is 7.32. The molecule has 1 saturated heterocycles. The molecule has 0 radical (unpaired) electrons. The first-order chi connectivity index (χ1) is 12.3. The number of hydrogen-bond donors (Lipinski definition) is 1. The van der Waals surface area contributed by atoms with Gasteiger partial charge in [-0.25, -0.2) is 9.97 Å². The Bertz CT molecular complexity index is 646. The number of aryl methyl sites for hydroxylation is 1. The lowest BCUT2D eigenvalue weighted by Crippen LogP contribution is -2.34. The van der Waals surface area contributed by atoms with Crippen molar-refractivity contribution in [1.82, 2.24) is 20.2 Å². The van der Waals surface area contributed by atoms with E-state index >= 15 is 0 Å². The minimum Gasteiger partial charge on any atom is -0.342 e. The summed E-state index contributed by atoms with van der Waals surface area (Å²) in [7, 11) is 0. The summed E-state index contributed by atoms with van der Waals surface area (Å²) in [6.45, 7) is 3.68. The molecule has 5 nitrogen and oxygen atoms in total. The lowest BCUT2D eigenvalue weighted by molar-refractivity contribution is -0.141. The summed E-state index contributed by atoms with van der Waals surface area (Å²) in [5, 5.41) is 3.36. The summed E-state index contributed by atoms with van der Waals surface area (Å²) >= 11 is 0. The molecule has 1 aliphatic carbocycles. The van der Waals surface area contributed by atoms with Crippen LogP contribution in [-0.4, -0.2) is 46.5 Å². The fraction of sp³-hybridized carbons (Fsp3) is 0.722. The van der Waals surface area contributed by atoms with Gasteiger partial charge in [0.1, 0.15) is 11.5 Å². The van der Waals surface area contributed by atoms with Crippen LogP contribution in [0, 0.1) is 12.8 Å². The van der Waals surface area contributed by atoms with E-state index in [1.54, 1.807) is 6.92 Å². The highest BCUT2D eigenvalue weighted by molar-refractivity contribution is 5.76. The first kappa shape index (κ1) is 19.1. The fourth-order valence-corrected chi connectivity index (χ4v) is 3.32. The lowest BCUT2D eigenvalue weighted by Gasteiger charge is -2.20. The quantitative estimate of drug-likeness (QED) is 0.837. The van der Waals surface area contributed by atoms with Crippen LogP contribution in [0.4, 0.5) is 13.2 Å². The molecule has 2 heterocycles. The molecule has 144 valence electrons. The summed E-state index contributed by atoms with van der Waals surface area (Å²) in [4.78, 5) is 21.9. The summed E-state index contributed by atoms with van der Waals surface area (Å²) < 4.78 is 38.5. The maximum absolute atomic E-state index is 12.8. The van der Waals surface area contributed by atoms with Gasteiger partial charge in [-0.05, 0) is 44.6 Å². The molecule has 8 heteroatoms. The topological polar surface area (TPSA) is 58.1 Å². The number of carbonyl (C=O) groups is 1. The van der Waals surface area contributed by atoms with E-state index in [2.05, 4.69) is 15.3 Å². The third-order valence-corrected chi connectivity index (χ3v) is 4.95. The molecule has 1 aromatic rings. The zero-order chi connectivity index (χ0) is 18.7. The van der Waals surface area contributed by atoms with Crippen LogP contribution >= 0.6 is 0 Å². The van der Waals surface area contributed by atoms with Gasteiger partial charge in [0.2, 0.25) is 5.91 Å². The summed E-state index contributed by atoms with van der Waals surface area (Å²) in [5.74, 6) is 1.10. The van der Waals surface area contributed by atoms with Gasteiger partial charge >= 0.3 is 6.18 Å². The molecule has 0 bridgehead atoms. The molecule has 1 amide bonds. The highest BCUT2D eigenvalue weighted by Gasteiger charge is 2.33. The van der Waals surface area contributed by atoms with Gasteiger partial charge in [-0.1, -0.05) is 0 Å². The Morgan fingerprint density at radius 1 is 1.23 bits per heavy atom. The molecule has 0 spiro atoms. The summed E-state index contributed by atoms with van der Waals surface area (Å²) in [6.07, 6.45) is 0.500. The van der Waals surface area contributed by atoms with Crippen molar-refractivity contribution in [2.24, 2.45) is 5.92 Å². The number of likely N-dealkylation sites (tertiary alicyclic amines) is 1. The van der Waals surface area contributed by atoms with Crippen molar-refractivity contribution in [3.05, 3.63) is 23.3 Å². The molecule has 1 saturated carbocycles. The van der Waals surface area contributed by atoms with Crippen molar-refractivity contribution in [2.75, 3.05) is 19.6 Å². The third kappa shape index (κ3) is 5.40. The van der Waals surface area contributed by atoms with E-state index in [1.807, 2.05) is 4.90 Å². The zero-order valence-electron chi connectivity index (χ0n) is 15.0. The molecule has 1 aromatic heterocycles. The Balaban J connectivity index is 1.48. The molecule has 26 heavy (non-hydrogen) atoms. The minimum absolute atomic E-state index is 0.199. The van der Waals surface area contributed by atoms with E-state index in [1.165, 1.54) is 12.8 Å². The average molecular weight is 370 g/mol. The Morgan fingerprint density at radius 2 is 2.00 bits per heavy atom. The molecule has 1 N–H and O–H groups in total. The number of hydrogen-bond acceptors (Lipinski definition) is 4. The van der Waals surface area contributed by atoms with Crippen molar-refractivity contribution in [2.45, 2.75) is 57.7 Å². The largest absolute Gasteiger partial charge is 0.433 e. The molecule has 3 rings (SSSR count). The van der Waals surface area contributed by atoms with E-state index in [-0.39, 0.29) is 17.8 Å². The van der Waals surface area contributed by atoms with Crippen LogP contribution in [0.5, 0.6) is 0 Å². The van der Waals surface area contributed by atoms with Crippen LogP contribution in [0.15, 0.2) is 6.07 Å². The molecular formula is C18H25F3N4O. The minimum atomic E-state index is -4.46. The van der Waals surface area contributed by atoms with Crippen LogP contribution < -0.4 is 5.32 Å². The Labute approximate surface area is 151 Å². The molecule has 0 aromatic carbocycles. The van der Waals surface area contributed by atoms with Gasteiger partial charge in [0.25, 0.3) is 0 Å². The molecular weight excluding hydrogens is 345 g/mol. The Hall–Kier alpha value is -1.70. The van der Waals surface area contributed by atoms with Crippen LogP contribution in [0.3, 0.4) is 0 Å². The fourth-order valence-electron chi connectivity index (χ4n) is 3.32. The predicted octanol–water partition coefficient (Wildman–Crippen LogP) is 2.73. The van der Waals surface area contributed by atoms with Crippen LogP contribution in [0.2, 0.25) is 0 Å². The van der Waals surface area contributed by atoms with Gasteiger partial charge in [-0.3, -0.25) is 4.79 Å². The maximum Gasteiger partial charge on any atom is 0.433 e. The normalized spacial score (nSPS) is 21.8. The van der Waals surface area contributed by atoms with Gasteiger partial charge in [0.15, 0.2) is 0 Å². The number of nitrogens with zero attached hydrogens (tertiary/aromatic N) is 3. The average Bonchev–Trinajstić information content (AvgIpc) is 3.38. The van der Waals surface area contributed by atoms with Crippen LogP contribution in [0.25, 0.3) is 0 Å². The highest BCUT2D eigenvalue weighted by Crippen LogP contribution is 2.30. The number of aromatic nitrogens is 2. The van der Waals surface area contributed by atoms with Crippen molar-refractivity contribution >= 4 is 5.91 Å². The Morgan fingerprint density at radius 3 is 2.69 bits per heavy atom. The predicted molar refractivity (Wildman–Crippen MR) is 90.4 cm³/mol. The zero-order valence-corrected chi connectivity index (χ0v) is 15.0.